The first-order chi connectivity index (χ1) is 9.54. The van der Waals surface area contributed by atoms with Gasteiger partial charge in [0.1, 0.15) is 6.04 Å². The molecule has 1 rings (SSSR count). The molecule has 1 fully saturated rings. The van der Waals surface area contributed by atoms with E-state index >= 15 is 0 Å². The minimum absolute atomic E-state index is 0.301. The standard InChI is InChI=1S/C13H26N2O5/c1-11(13(17)18)15-5-3-14(4-6-15)9-12(16)10-20-8-7-19-2/h11-12,16H,3-10H2,1-2H3,(H,17,18). The van der Waals surface area contributed by atoms with Gasteiger partial charge in [0.25, 0.3) is 0 Å². The number of ether oxygens (including phenoxy) is 2. The number of nitrogens with zero attached hydrogens (tertiary/aromatic N) is 2. The SMILES string of the molecule is COCCOCC(O)CN1CCN(C(C)C(=O)O)CC1. The van der Waals surface area contributed by atoms with E-state index in [1.54, 1.807) is 14.0 Å². The number of hydrogen-bond acceptors (Lipinski definition) is 6. The molecule has 0 aromatic rings. The van der Waals surface area contributed by atoms with Crippen LogP contribution >= 0.6 is 0 Å². The quantitative estimate of drug-likeness (QED) is 0.533. The van der Waals surface area contributed by atoms with Gasteiger partial charge in [-0.25, -0.2) is 0 Å². The summed E-state index contributed by atoms with van der Waals surface area (Å²) in [5, 5.41) is 18.8. The molecule has 7 nitrogen and oxygen atoms in total. The zero-order valence-electron chi connectivity index (χ0n) is 12.3. The van der Waals surface area contributed by atoms with Crippen molar-refractivity contribution in [3.63, 3.8) is 0 Å². The molecule has 0 saturated carbocycles. The van der Waals surface area contributed by atoms with Gasteiger partial charge >= 0.3 is 5.97 Å². The normalized spacial score (nSPS) is 20.8. The summed E-state index contributed by atoms with van der Waals surface area (Å²) in [4.78, 5) is 15.0. The Balaban J connectivity index is 2.16. The number of aliphatic hydroxyl groups excluding tert-OH is 1. The molecule has 2 atom stereocenters. The van der Waals surface area contributed by atoms with E-state index in [9.17, 15) is 9.90 Å². The molecule has 0 bridgehead atoms. The fraction of sp³-hybridized carbons (Fsp3) is 0.923. The molecule has 1 heterocycles. The zero-order chi connectivity index (χ0) is 15.0. The second kappa shape index (κ2) is 9.25. The van der Waals surface area contributed by atoms with Crippen molar-refractivity contribution < 1.29 is 24.5 Å². The molecule has 0 radical (unpaired) electrons. The molecule has 0 amide bonds. The number of β-amino-alcohol motifs (C(OH)–C–C–N with tert-alkyl or cyclic N) is 1. The lowest BCUT2D eigenvalue weighted by Gasteiger charge is -2.37. The van der Waals surface area contributed by atoms with E-state index in [0.717, 1.165) is 13.1 Å². The van der Waals surface area contributed by atoms with Crippen LogP contribution in [0.1, 0.15) is 6.92 Å². The lowest BCUT2D eigenvalue weighted by atomic mass is 10.2. The second-order valence-corrected chi connectivity index (χ2v) is 5.07. The molecule has 1 aliphatic heterocycles. The van der Waals surface area contributed by atoms with Crippen LogP contribution in [0.3, 0.4) is 0 Å². The largest absolute Gasteiger partial charge is 0.480 e. The fourth-order valence-electron chi connectivity index (χ4n) is 2.20. The predicted octanol–water partition coefficient (Wildman–Crippen LogP) is -0.899. The van der Waals surface area contributed by atoms with Gasteiger partial charge in [-0.1, -0.05) is 0 Å². The van der Waals surface area contributed by atoms with Crippen LogP contribution in [-0.2, 0) is 14.3 Å². The van der Waals surface area contributed by atoms with Crippen molar-refractivity contribution in [1.29, 1.82) is 0 Å². The molecule has 0 spiro atoms. The van der Waals surface area contributed by atoms with Gasteiger partial charge in [-0.05, 0) is 6.92 Å². The summed E-state index contributed by atoms with van der Waals surface area (Å²) in [7, 11) is 1.61. The molecule has 1 aliphatic rings. The van der Waals surface area contributed by atoms with E-state index in [1.807, 2.05) is 4.90 Å². The summed E-state index contributed by atoms with van der Waals surface area (Å²) >= 11 is 0. The molecule has 0 aromatic carbocycles. The number of carboxylic acid groups (broad SMARTS) is 1. The van der Waals surface area contributed by atoms with Crippen molar-refractivity contribution >= 4 is 5.97 Å². The minimum atomic E-state index is -0.787. The highest BCUT2D eigenvalue weighted by atomic mass is 16.5. The Labute approximate surface area is 120 Å². The highest BCUT2D eigenvalue weighted by Crippen LogP contribution is 2.07. The second-order valence-electron chi connectivity index (χ2n) is 5.07. The number of carbonyl (C=O) groups is 1. The van der Waals surface area contributed by atoms with Crippen LogP contribution in [0.2, 0.25) is 0 Å². The van der Waals surface area contributed by atoms with E-state index in [2.05, 4.69) is 4.90 Å². The Morgan fingerprint density at radius 2 is 1.90 bits per heavy atom. The van der Waals surface area contributed by atoms with Crippen LogP contribution < -0.4 is 0 Å². The minimum Gasteiger partial charge on any atom is -0.480 e. The van der Waals surface area contributed by atoms with Crippen LogP contribution in [0.15, 0.2) is 0 Å². The zero-order valence-corrected chi connectivity index (χ0v) is 12.3. The molecule has 2 N–H and O–H groups in total. The molecule has 20 heavy (non-hydrogen) atoms. The maximum Gasteiger partial charge on any atom is 0.320 e. The van der Waals surface area contributed by atoms with Crippen LogP contribution in [0, 0.1) is 0 Å². The van der Waals surface area contributed by atoms with E-state index < -0.39 is 18.1 Å². The average Bonchev–Trinajstić information content (AvgIpc) is 2.43. The third-order valence-corrected chi connectivity index (χ3v) is 3.52. The summed E-state index contributed by atoms with van der Waals surface area (Å²) in [5.41, 5.74) is 0. The van der Waals surface area contributed by atoms with Crippen molar-refractivity contribution in [2.45, 2.75) is 19.1 Å². The van der Waals surface area contributed by atoms with E-state index in [1.165, 1.54) is 0 Å². The molecular weight excluding hydrogens is 264 g/mol. The van der Waals surface area contributed by atoms with Crippen molar-refractivity contribution in [2.24, 2.45) is 0 Å². The Morgan fingerprint density at radius 3 is 2.45 bits per heavy atom. The lowest BCUT2D eigenvalue weighted by molar-refractivity contribution is -0.143. The number of piperazine rings is 1. The fourth-order valence-corrected chi connectivity index (χ4v) is 2.20. The Morgan fingerprint density at radius 1 is 1.25 bits per heavy atom. The maximum atomic E-state index is 10.9. The Kier molecular flexibility index (Phi) is 8.01. The van der Waals surface area contributed by atoms with Gasteiger partial charge in [0.05, 0.1) is 25.9 Å². The number of rotatable bonds is 9. The van der Waals surface area contributed by atoms with Crippen molar-refractivity contribution in [1.82, 2.24) is 9.80 Å². The topological polar surface area (TPSA) is 82.5 Å². The Hall–Kier alpha value is -0.730. The predicted molar refractivity (Wildman–Crippen MR) is 73.8 cm³/mol. The van der Waals surface area contributed by atoms with Crippen LogP contribution in [0.25, 0.3) is 0 Å². The Bertz CT molecular complexity index is 282. The summed E-state index contributed by atoms with van der Waals surface area (Å²) in [6.45, 7) is 6.54. The molecule has 1 saturated heterocycles. The number of hydrogen-bond donors (Lipinski definition) is 2. The van der Waals surface area contributed by atoms with Crippen LogP contribution in [-0.4, -0.2) is 97.8 Å². The van der Waals surface area contributed by atoms with Crippen molar-refractivity contribution in [2.75, 3.05) is 59.7 Å². The van der Waals surface area contributed by atoms with Crippen molar-refractivity contribution in [3.05, 3.63) is 0 Å². The van der Waals surface area contributed by atoms with Gasteiger partial charge in [-0.15, -0.1) is 0 Å². The molecule has 0 aromatic heterocycles. The van der Waals surface area contributed by atoms with Gasteiger partial charge in [-0.3, -0.25) is 14.6 Å². The van der Waals surface area contributed by atoms with Gasteiger partial charge in [0.2, 0.25) is 0 Å². The summed E-state index contributed by atoms with van der Waals surface area (Å²) in [6, 6.07) is -0.445. The molecule has 7 heteroatoms. The number of carboxylic acids is 1. The van der Waals surface area contributed by atoms with E-state index in [4.69, 9.17) is 14.6 Å². The first-order valence-corrected chi connectivity index (χ1v) is 6.98. The van der Waals surface area contributed by atoms with Crippen LogP contribution in [0.4, 0.5) is 0 Å². The first-order valence-electron chi connectivity index (χ1n) is 6.98. The maximum absolute atomic E-state index is 10.9. The average molecular weight is 290 g/mol. The summed E-state index contributed by atoms with van der Waals surface area (Å²) in [5.74, 6) is -0.787. The molecule has 118 valence electrons. The van der Waals surface area contributed by atoms with Gasteiger partial charge in [0, 0.05) is 39.8 Å². The first kappa shape index (κ1) is 17.3. The number of methoxy groups -OCH3 is 1. The molecular formula is C13H26N2O5. The molecule has 2 unspecified atom stereocenters. The molecule has 0 aliphatic carbocycles. The monoisotopic (exact) mass is 290 g/mol. The smallest absolute Gasteiger partial charge is 0.320 e. The highest BCUT2D eigenvalue weighted by Gasteiger charge is 2.25. The summed E-state index contributed by atoms with van der Waals surface area (Å²) < 4.78 is 10.1. The third kappa shape index (κ3) is 6.15. The summed E-state index contributed by atoms with van der Waals surface area (Å²) in [6.07, 6.45) is -0.518. The van der Waals surface area contributed by atoms with Gasteiger partial charge in [0.15, 0.2) is 0 Å². The van der Waals surface area contributed by atoms with Gasteiger partial charge < -0.3 is 19.7 Å². The lowest BCUT2D eigenvalue weighted by Crippen LogP contribution is -2.53. The van der Waals surface area contributed by atoms with Gasteiger partial charge in [-0.2, -0.15) is 0 Å². The van der Waals surface area contributed by atoms with E-state index in [0.29, 0.717) is 39.5 Å². The van der Waals surface area contributed by atoms with Crippen molar-refractivity contribution in [3.8, 4) is 0 Å². The van der Waals surface area contributed by atoms with Crippen LogP contribution in [0.5, 0.6) is 0 Å². The third-order valence-electron chi connectivity index (χ3n) is 3.52. The van der Waals surface area contributed by atoms with E-state index in [-0.39, 0.29) is 0 Å². The number of aliphatic carboxylic acids is 1. The number of aliphatic hydroxyl groups is 1. The highest BCUT2D eigenvalue weighted by molar-refractivity contribution is 5.72.